The van der Waals surface area contributed by atoms with E-state index in [1.807, 2.05) is 0 Å². The van der Waals surface area contributed by atoms with Crippen LogP contribution in [0.5, 0.6) is 0 Å². The van der Waals surface area contributed by atoms with Crippen LogP contribution >= 0.6 is 23.2 Å². The molecule has 1 atom stereocenters. The Bertz CT molecular complexity index is 3730. The van der Waals surface area contributed by atoms with Gasteiger partial charge in [-0.1, -0.05) is 12.1 Å². The Labute approximate surface area is 516 Å². The van der Waals surface area contributed by atoms with E-state index in [4.69, 9.17) is 23.2 Å². The molecule has 6 aromatic rings. The van der Waals surface area contributed by atoms with Crippen molar-refractivity contribution in [3.63, 3.8) is 0 Å². The third-order valence-electron chi connectivity index (χ3n) is 9.02. The van der Waals surface area contributed by atoms with E-state index >= 15 is 0 Å². The summed E-state index contributed by atoms with van der Waals surface area (Å²) in [7, 11) is -19.5. The summed E-state index contributed by atoms with van der Waals surface area (Å²) < 4.78 is 136. The van der Waals surface area contributed by atoms with Crippen LogP contribution in [0.2, 0.25) is 10.6 Å². The zero-order valence-electron chi connectivity index (χ0n) is 38.3. The molecule has 1 unspecified atom stereocenters. The number of amides is 1. The van der Waals surface area contributed by atoms with Crippen LogP contribution in [0, 0.1) is 6.92 Å². The minimum absolute atomic E-state index is 0. The zero-order chi connectivity index (χ0) is 51.1. The Kier molecular flexibility index (Phi) is 22.6. The van der Waals surface area contributed by atoms with Crippen molar-refractivity contribution in [1.82, 2.24) is 29.9 Å². The molecule has 9 N–H and O–H groups in total. The predicted octanol–water partition coefficient (Wildman–Crippen LogP) is 3.05. The Morgan fingerprint density at radius 2 is 1.04 bits per heavy atom. The fraction of sp³-hybridized carbons (Fsp3) is 0.0571. The second-order valence-electron chi connectivity index (χ2n) is 13.8. The van der Waals surface area contributed by atoms with Crippen LogP contribution in [0.1, 0.15) is 5.56 Å². The number of halogens is 2. The van der Waals surface area contributed by atoms with Crippen molar-refractivity contribution in [2.24, 2.45) is 15.3 Å². The van der Waals surface area contributed by atoms with Crippen LogP contribution in [-0.4, -0.2) is 229 Å². The molecule has 0 saturated carbocycles. The van der Waals surface area contributed by atoms with Crippen LogP contribution in [0.4, 0.5) is 57.9 Å². The maximum Gasteiger partial charge on any atom is 0.355 e. The van der Waals surface area contributed by atoms with Crippen LogP contribution in [0.3, 0.4) is 0 Å². The van der Waals surface area contributed by atoms with Gasteiger partial charge < -0.3 is 26.4 Å². The smallest absolute Gasteiger partial charge is 0.355 e. The van der Waals surface area contributed by atoms with E-state index in [1.54, 1.807) is 0 Å². The molecule has 1 aliphatic heterocycles. The first-order valence-corrected chi connectivity index (χ1v) is 25.0. The van der Waals surface area contributed by atoms with Crippen molar-refractivity contribution >= 4 is 257 Å². The molecular weight excluding hydrogens is 1150 g/mol. The molecule has 1 aliphatic rings. The van der Waals surface area contributed by atoms with E-state index in [1.165, 1.54) is 31.2 Å². The quantitative estimate of drug-likeness (QED) is 0.0382. The molecule has 0 saturated heterocycles. The van der Waals surface area contributed by atoms with Crippen LogP contribution in [-0.2, 0) is 50.1 Å². The van der Waals surface area contributed by atoms with Crippen LogP contribution in [0.15, 0.2) is 114 Å². The third kappa shape index (κ3) is 16.3. The summed E-state index contributed by atoms with van der Waals surface area (Å²) >= 11 is 12.1. The summed E-state index contributed by atoms with van der Waals surface area (Å²) in [6, 6.07) is 12.1. The van der Waals surface area contributed by atoms with Gasteiger partial charge in [0.15, 0.2) is 5.71 Å². The van der Waals surface area contributed by atoms with Crippen molar-refractivity contribution in [2.75, 3.05) is 26.3 Å². The molecule has 39 heteroatoms. The van der Waals surface area contributed by atoms with Crippen molar-refractivity contribution in [3.05, 3.63) is 95.0 Å². The monoisotopic (exact) mass is 1170 g/mol. The minimum atomic E-state index is -5.19. The van der Waals surface area contributed by atoms with Crippen LogP contribution < -0.4 is 26.3 Å². The van der Waals surface area contributed by atoms with Crippen molar-refractivity contribution < 1.29 is 66.6 Å². The maximum absolute atomic E-state index is 13.9. The summed E-state index contributed by atoms with van der Waals surface area (Å²) in [4.78, 5) is 47.3. The van der Waals surface area contributed by atoms with Crippen molar-refractivity contribution in [2.45, 2.75) is 32.5 Å². The predicted molar refractivity (Wildman–Crippen MR) is 266 cm³/mol. The second-order valence-corrected chi connectivity index (χ2v) is 20.1. The Balaban J connectivity index is 0.00000361. The van der Waals surface area contributed by atoms with E-state index < -0.39 is 112 Å². The second kappa shape index (κ2) is 25.8. The zero-order valence-corrected chi connectivity index (χ0v) is 51.0. The number of nitrogens with zero attached hydrogens (tertiary/aromatic N) is 10. The number of carboxylic acids is 1. The molecule has 3 heterocycles. The Hall–Kier alpha value is -3.47. The summed E-state index contributed by atoms with van der Waals surface area (Å²) in [6.45, 7) is 1.30. The molecule has 4 radical (unpaired) electrons. The molecule has 0 fully saturated rings. The minimum Gasteiger partial charge on any atom is -0.477 e. The van der Waals surface area contributed by atoms with Gasteiger partial charge >= 0.3 is 5.97 Å². The molecule has 0 aliphatic carbocycles. The number of carboxylic acid groups (broad SMARTS) is 1. The number of nitrogens with one attached hydrogen (secondary N) is 4. The fourth-order valence-corrected chi connectivity index (χ4v) is 8.50. The summed E-state index contributed by atoms with van der Waals surface area (Å²) in [5.74, 6) is -4.42. The summed E-state index contributed by atoms with van der Waals surface area (Å²) in [5, 5.41) is 31.4. The molecule has 0 bridgehead atoms. The van der Waals surface area contributed by atoms with Crippen LogP contribution in [0.25, 0.3) is 0 Å². The van der Waals surface area contributed by atoms with Gasteiger partial charge in [0.2, 0.25) is 40.4 Å². The number of carbonyl (C=O) groups is 2. The van der Waals surface area contributed by atoms with Gasteiger partial charge in [-0.15, -0.1) is 0 Å². The molecular formula is C35H26Cl2N14Na4O15S4. The van der Waals surface area contributed by atoms with Gasteiger partial charge in [-0.2, -0.15) is 83.9 Å². The number of hydrogen-bond acceptors (Lipinski definition) is 23. The number of anilines is 9. The van der Waals surface area contributed by atoms with Gasteiger partial charge in [0, 0.05) is 141 Å². The summed E-state index contributed by atoms with van der Waals surface area (Å²) in [5.41, 5.74) is -2.42. The third-order valence-corrected chi connectivity index (χ3v) is 12.8. The number of rotatable bonds is 16. The average molecular weight is 1170 g/mol. The first kappa shape index (κ1) is 64.8. The van der Waals surface area contributed by atoms with E-state index in [-0.39, 0.29) is 164 Å². The molecule has 0 spiro atoms. The van der Waals surface area contributed by atoms with Gasteiger partial charge in [0.1, 0.15) is 10.6 Å². The Morgan fingerprint density at radius 3 is 1.47 bits per heavy atom. The topological polar surface area (TPSA) is 438 Å². The molecule has 74 heavy (non-hydrogen) atoms. The average Bonchev–Trinajstić information content (AvgIpc) is 3.57. The number of carbonyl (C=O) groups excluding carboxylic acids is 1. The number of aliphatic carboxylic acids is 1. The SMILES string of the molecule is Cc1c(Nc2nc(Cl)nc(Nc3cccc(S(=O)(=O)O)c3)n2)cc(S(=O)(=O)O)cc1N1N=C(C(=O)O)C(N=Nc2ccc(Nc3nc(Cl)nc(Nc4cccc(S(=O)(=O)O)c4)n3)cc2S(=O)(=O)O)C1=O.[Na].[Na].[Na].[Na]. The number of benzene rings is 4. The number of azo groups is 1. The first-order chi connectivity index (χ1) is 32.6. The molecule has 2 aromatic heterocycles. The number of hydrazone groups is 1. The Morgan fingerprint density at radius 1 is 0.595 bits per heavy atom. The fourth-order valence-electron chi connectivity index (χ4n) is 5.95. The number of hydrogen-bond donors (Lipinski definition) is 9. The molecule has 4 aromatic carbocycles. The van der Waals surface area contributed by atoms with E-state index in [9.17, 15) is 66.6 Å². The van der Waals surface area contributed by atoms with Gasteiger partial charge in [-0.25, -0.2) is 4.79 Å². The summed E-state index contributed by atoms with van der Waals surface area (Å²) in [6.07, 6.45) is 0. The van der Waals surface area contributed by atoms with Gasteiger partial charge in [-0.05, 0) is 102 Å². The van der Waals surface area contributed by atoms with E-state index in [0.717, 1.165) is 54.6 Å². The van der Waals surface area contributed by atoms with Crippen molar-refractivity contribution in [1.29, 1.82) is 0 Å². The molecule has 7 rings (SSSR count). The maximum atomic E-state index is 13.9. The van der Waals surface area contributed by atoms with Gasteiger partial charge in [-0.3, -0.25) is 23.0 Å². The molecule has 368 valence electrons. The van der Waals surface area contributed by atoms with E-state index in [0.29, 0.717) is 5.01 Å². The van der Waals surface area contributed by atoms with Gasteiger partial charge in [0.05, 0.1) is 20.4 Å². The first-order valence-electron chi connectivity index (χ1n) is 18.5. The normalized spacial score (nSPS) is 13.6. The standard InChI is InChI=1S/C35H26Cl2N14O15S4.4Na/c1-15-23(41-35-45-31(37)44-33(47-35)39-17-5-3-7-20(11-17)68(58,59)60)13-21(69(61,62)63)14-24(15)51-28(52)26(27(50-51)29(53)54)49-48-22-9-8-18(12-25(22)70(64,65)66)40-34-43-30(36)42-32(46-34)38-16-4-2-6-19(10-16)67(55,56)57;;;;/h2-14,26H,1H3,(H,53,54)(H,55,56,57)(H,58,59,60)(H,61,62,63)(H,64,65,66)(H2,38,40,42,43,46)(H2,39,41,44,45,47);;;;. The van der Waals surface area contributed by atoms with Crippen molar-refractivity contribution in [3.8, 4) is 0 Å². The van der Waals surface area contributed by atoms with Gasteiger partial charge in [0.25, 0.3) is 46.4 Å². The largest absolute Gasteiger partial charge is 0.477 e. The molecule has 1 amide bonds. The molecule has 29 nitrogen and oxygen atoms in total. The van der Waals surface area contributed by atoms with E-state index in [2.05, 4.69) is 66.5 Å². The number of aromatic nitrogens is 6.